The number of rotatable bonds is 4. The van der Waals surface area contributed by atoms with E-state index in [-0.39, 0.29) is 24.3 Å². The van der Waals surface area contributed by atoms with Crippen LogP contribution in [0.4, 0.5) is 5.69 Å². The summed E-state index contributed by atoms with van der Waals surface area (Å²) in [6, 6.07) is 5.17. The summed E-state index contributed by atoms with van der Waals surface area (Å²) in [4.78, 5) is 36.9. The SMILES string of the molecule is O=C1CCc2cc(C(=O)COC(=O)C34C[C@@H]5C[C@@H](CC(O)(C5)C3)C4)ccc2N1. The maximum Gasteiger partial charge on any atom is 0.312 e. The third-order valence-electron chi connectivity index (χ3n) is 7.12. The fraction of sp³-hybridized carbons (Fsp3) is 0.591. The molecule has 4 saturated carbocycles. The Morgan fingerprint density at radius 3 is 2.61 bits per heavy atom. The van der Waals surface area contributed by atoms with E-state index in [2.05, 4.69) is 5.32 Å². The first-order chi connectivity index (χ1) is 13.3. The number of benzene rings is 1. The molecule has 1 aliphatic heterocycles. The van der Waals surface area contributed by atoms with E-state index in [0.717, 1.165) is 43.4 Å². The van der Waals surface area contributed by atoms with Crippen molar-refractivity contribution in [3.63, 3.8) is 0 Å². The van der Waals surface area contributed by atoms with E-state index in [1.165, 1.54) is 0 Å². The monoisotopic (exact) mass is 383 g/mol. The molecule has 0 spiro atoms. The Hall–Kier alpha value is -2.21. The molecule has 2 N–H and O–H groups in total. The fourth-order valence-corrected chi connectivity index (χ4v) is 6.38. The highest BCUT2D eigenvalue weighted by atomic mass is 16.5. The molecule has 2 unspecified atom stereocenters. The molecular weight excluding hydrogens is 358 g/mol. The number of carbonyl (C=O) groups is 3. The zero-order valence-corrected chi connectivity index (χ0v) is 15.8. The second kappa shape index (κ2) is 6.14. The zero-order valence-electron chi connectivity index (χ0n) is 15.8. The lowest BCUT2D eigenvalue weighted by molar-refractivity contribution is -0.195. The number of nitrogens with one attached hydrogen (secondary N) is 1. The number of aryl methyl sites for hydroxylation is 1. The standard InChI is InChI=1S/C22H25NO5/c24-18(16-1-3-17-15(6-16)2-4-19(25)23-17)11-28-20(26)21-7-13-5-14(8-21)10-22(27,9-13)12-21/h1,3,6,13-14,27H,2,4-5,7-12H2,(H,23,25)/t13-,14+,21?,22?. The Morgan fingerprint density at radius 2 is 1.89 bits per heavy atom. The number of anilines is 1. The number of fused-ring (bicyclic) bond motifs is 1. The minimum Gasteiger partial charge on any atom is -0.457 e. The molecule has 148 valence electrons. The van der Waals surface area contributed by atoms with Crippen LogP contribution in [0.15, 0.2) is 18.2 Å². The van der Waals surface area contributed by atoms with Crippen LogP contribution in [0.25, 0.3) is 0 Å². The number of esters is 1. The number of ketones is 1. The van der Waals surface area contributed by atoms with Gasteiger partial charge in [0.15, 0.2) is 12.4 Å². The fourth-order valence-electron chi connectivity index (χ4n) is 6.38. The maximum atomic E-state index is 12.9. The molecule has 0 saturated heterocycles. The minimum atomic E-state index is -0.726. The highest BCUT2D eigenvalue weighted by Crippen LogP contribution is 2.61. The Labute approximate surface area is 163 Å². The van der Waals surface area contributed by atoms with Gasteiger partial charge in [-0.15, -0.1) is 0 Å². The number of hydrogen-bond acceptors (Lipinski definition) is 5. The summed E-state index contributed by atoms with van der Waals surface area (Å²) >= 11 is 0. The summed E-state index contributed by atoms with van der Waals surface area (Å²) < 4.78 is 5.48. The van der Waals surface area contributed by atoms with Gasteiger partial charge in [-0.25, -0.2) is 0 Å². The van der Waals surface area contributed by atoms with Gasteiger partial charge < -0.3 is 15.2 Å². The van der Waals surface area contributed by atoms with Crippen molar-refractivity contribution in [3.05, 3.63) is 29.3 Å². The molecule has 4 atom stereocenters. The number of hydrogen-bond donors (Lipinski definition) is 2. The van der Waals surface area contributed by atoms with E-state index in [0.29, 0.717) is 36.7 Å². The van der Waals surface area contributed by atoms with Gasteiger partial charge in [-0.1, -0.05) is 0 Å². The summed E-state index contributed by atoms with van der Waals surface area (Å²) in [5.41, 5.74) is 0.827. The van der Waals surface area contributed by atoms with Gasteiger partial charge in [-0.2, -0.15) is 0 Å². The van der Waals surface area contributed by atoms with Crippen LogP contribution in [-0.4, -0.2) is 35.0 Å². The molecule has 4 aliphatic carbocycles. The third kappa shape index (κ3) is 2.94. The van der Waals surface area contributed by atoms with Crippen LogP contribution >= 0.6 is 0 Å². The van der Waals surface area contributed by atoms with Crippen LogP contribution in [0.5, 0.6) is 0 Å². The number of Topliss-reactive ketones (excluding diaryl/α,β-unsaturated/α-hetero) is 1. The average molecular weight is 383 g/mol. The molecule has 0 aromatic heterocycles. The van der Waals surface area contributed by atoms with Crippen LogP contribution in [0.3, 0.4) is 0 Å². The highest BCUT2D eigenvalue weighted by Gasteiger charge is 2.60. The topological polar surface area (TPSA) is 92.7 Å². The number of ether oxygens (including phenoxy) is 1. The number of carbonyl (C=O) groups excluding carboxylic acids is 3. The van der Waals surface area contributed by atoms with Crippen molar-refractivity contribution in [2.75, 3.05) is 11.9 Å². The largest absolute Gasteiger partial charge is 0.457 e. The predicted octanol–water partition coefficient (Wildman–Crippen LogP) is 2.63. The molecule has 1 aromatic rings. The molecule has 1 aromatic carbocycles. The Balaban J connectivity index is 1.26. The van der Waals surface area contributed by atoms with Crippen LogP contribution < -0.4 is 5.32 Å². The normalized spacial score (nSPS) is 35.2. The summed E-state index contributed by atoms with van der Waals surface area (Å²) in [6.07, 6.45) is 5.72. The lowest BCUT2D eigenvalue weighted by Gasteiger charge is -2.58. The third-order valence-corrected chi connectivity index (χ3v) is 7.12. The second-order valence-corrected chi connectivity index (χ2v) is 9.39. The lowest BCUT2D eigenvalue weighted by Crippen LogP contribution is -2.58. The van der Waals surface area contributed by atoms with Gasteiger partial charge in [0, 0.05) is 17.7 Å². The van der Waals surface area contributed by atoms with Gasteiger partial charge >= 0.3 is 5.97 Å². The van der Waals surface area contributed by atoms with Crippen molar-refractivity contribution in [1.82, 2.24) is 0 Å². The minimum absolute atomic E-state index is 0.0160. The molecular formula is C22H25NO5. The van der Waals surface area contributed by atoms with Crippen LogP contribution in [-0.2, 0) is 20.7 Å². The molecule has 5 aliphatic rings. The van der Waals surface area contributed by atoms with Gasteiger partial charge in [0.05, 0.1) is 11.0 Å². The van der Waals surface area contributed by atoms with E-state index >= 15 is 0 Å². The Kier molecular flexibility index (Phi) is 3.92. The first-order valence-corrected chi connectivity index (χ1v) is 10.2. The van der Waals surface area contributed by atoms with E-state index < -0.39 is 11.0 Å². The Morgan fingerprint density at radius 1 is 1.14 bits per heavy atom. The maximum absolute atomic E-state index is 12.9. The van der Waals surface area contributed by atoms with Crippen molar-refractivity contribution < 1.29 is 24.2 Å². The average Bonchev–Trinajstić information content (AvgIpc) is 2.63. The van der Waals surface area contributed by atoms with Crippen molar-refractivity contribution in [2.45, 2.75) is 57.0 Å². The van der Waals surface area contributed by atoms with E-state index in [1.807, 2.05) is 0 Å². The molecule has 6 rings (SSSR count). The molecule has 1 heterocycles. The highest BCUT2D eigenvalue weighted by molar-refractivity contribution is 6.00. The lowest BCUT2D eigenvalue weighted by atomic mass is 9.48. The smallest absolute Gasteiger partial charge is 0.312 e. The first-order valence-electron chi connectivity index (χ1n) is 10.2. The van der Waals surface area contributed by atoms with Gasteiger partial charge in [0.25, 0.3) is 0 Å². The summed E-state index contributed by atoms with van der Waals surface area (Å²) in [7, 11) is 0. The second-order valence-electron chi connectivity index (χ2n) is 9.39. The Bertz CT molecular complexity index is 862. The van der Waals surface area contributed by atoms with Gasteiger partial charge in [-0.3, -0.25) is 14.4 Å². The quantitative estimate of drug-likeness (QED) is 0.616. The van der Waals surface area contributed by atoms with Crippen LogP contribution in [0.1, 0.15) is 60.9 Å². The molecule has 4 fully saturated rings. The molecule has 1 amide bonds. The van der Waals surface area contributed by atoms with Crippen molar-refractivity contribution in [1.29, 1.82) is 0 Å². The molecule has 6 nitrogen and oxygen atoms in total. The molecule has 6 heteroatoms. The first kappa shape index (κ1) is 17.9. The predicted molar refractivity (Wildman–Crippen MR) is 101 cm³/mol. The van der Waals surface area contributed by atoms with Gasteiger partial charge in [0.1, 0.15) is 0 Å². The summed E-state index contributed by atoms with van der Waals surface area (Å²) in [6.45, 7) is -0.278. The van der Waals surface area contributed by atoms with Gasteiger partial charge in [0.2, 0.25) is 5.91 Å². The number of amides is 1. The van der Waals surface area contributed by atoms with Crippen LogP contribution in [0, 0.1) is 17.3 Å². The van der Waals surface area contributed by atoms with E-state index in [4.69, 9.17) is 4.74 Å². The van der Waals surface area contributed by atoms with Crippen molar-refractivity contribution in [2.24, 2.45) is 17.3 Å². The summed E-state index contributed by atoms with van der Waals surface area (Å²) in [5, 5.41) is 13.6. The van der Waals surface area contributed by atoms with E-state index in [1.54, 1.807) is 18.2 Å². The molecule has 0 radical (unpaired) electrons. The van der Waals surface area contributed by atoms with Gasteiger partial charge in [-0.05, 0) is 80.5 Å². The van der Waals surface area contributed by atoms with Crippen molar-refractivity contribution >= 4 is 23.3 Å². The van der Waals surface area contributed by atoms with Crippen LogP contribution in [0.2, 0.25) is 0 Å². The van der Waals surface area contributed by atoms with E-state index in [9.17, 15) is 19.5 Å². The number of aliphatic hydroxyl groups is 1. The molecule has 4 bridgehead atoms. The summed E-state index contributed by atoms with van der Waals surface area (Å²) in [5.74, 6) is 0.212. The molecule has 28 heavy (non-hydrogen) atoms. The zero-order chi connectivity index (χ0) is 19.5. The van der Waals surface area contributed by atoms with Crippen molar-refractivity contribution in [3.8, 4) is 0 Å².